The number of rotatable bonds is 6. The highest BCUT2D eigenvalue weighted by molar-refractivity contribution is 7.51. The van der Waals surface area contributed by atoms with Crippen molar-refractivity contribution in [2.24, 2.45) is 0 Å². The maximum Gasteiger partial charge on any atom is 0.339 e. The summed E-state index contributed by atoms with van der Waals surface area (Å²) in [7, 11) is -4.28. The van der Waals surface area contributed by atoms with E-state index in [0.29, 0.717) is 38.8 Å². The van der Waals surface area contributed by atoms with E-state index in [1.807, 2.05) is 0 Å². The fraction of sp³-hybridized carbons (Fsp3) is 0.786. The Hall–Kier alpha value is -1.48. The lowest BCUT2D eigenvalue weighted by Gasteiger charge is -2.28. The number of hydrogen-bond donors (Lipinski definition) is 4. The first kappa shape index (κ1) is 19.8. The molecule has 11 heteroatoms. The molecule has 2 rings (SSSR count). The van der Waals surface area contributed by atoms with Crippen LogP contribution in [-0.2, 0) is 18.9 Å². The molecule has 0 spiro atoms. The van der Waals surface area contributed by atoms with Crippen LogP contribution < -0.4 is 5.32 Å². The van der Waals surface area contributed by atoms with E-state index >= 15 is 0 Å². The standard InChI is InChI=1S/C14H24N3O7P/c1-9(13(19)17-7-3-5-11(17)14(20)21)15-12(18)10-4-2-6-16(10)8-25(22,23)24/h9-11H,2-8H2,1H3,(H,15,18)(H,20,21)(H2,22,23,24)/t9-,10-,11-/m0/s1. The molecule has 0 aliphatic carbocycles. The van der Waals surface area contributed by atoms with Crippen LogP contribution in [0.5, 0.6) is 0 Å². The Morgan fingerprint density at radius 2 is 1.76 bits per heavy atom. The SMILES string of the molecule is C[C@H](NC(=O)[C@@H]1CCCN1CP(=O)(O)O)C(=O)N1CCC[C@H]1C(=O)O. The van der Waals surface area contributed by atoms with Crippen molar-refractivity contribution in [1.82, 2.24) is 15.1 Å². The van der Waals surface area contributed by atoms with Gasteiger partial charge in [0.05, 0.1) is 6.04 Å². The summed E-state index contributed by atoms with van der Waals surface area (Å²) in [6.07, 6.45) is 1.57. The Bertz CT molecular complexity index is 593. The van der Waals surface area contributed by atoms with Crippen LogP contribution in [0.4, 0.5) is 0 Å². The van der Waals surface area contributed by atoms with Crippen molar-refractivity contribution < 1.29 is 33.8 Å². The van der Waals surface area contributed by atoms with Crippen LogP contribution >= 0.6 is 7.60 Å². The van der Waals surface area contributed by atoms with Crippen LogP contribution in [-0.4, -0.2) is 80.0 Å². The summed E-state index contributed by atoms with van der Waals surface area (Å²) in [5, 5.41) is 11.7. The first-order valence-corrected chi connectivity index (χ1v) is 10.0. The Morgan fingerprint density at radius 1 is 1.16 bits per heavy atom. The predicted octanol–water partition coefficient (Wildman–Crippen LogP) is -0.834. The molecule has 0 bridgehead atoms. The molecule has 0 unspecified atom stereocenters. The largest absolute Gasteiger partial charge is 0.480 e. The van der Waals surface area contributed by atoms with Crippen molar-refractivity contribution in [1.29, 1.82) is 0 Å². The average Bonchev–Trinajstić information content (AvgIpc) is 3.13. The van der Waals surface area contributed by atoms with Gasteiger partial charge in [-0.2, -0.15) is 0 Å². The Kier molecular flexibility index (Phi) is 6.21. The maximum atomic E-state index is 12.4. The molecule has 4 N–H and O–H groups in total. The van der Waals surface area contributed by atoms with E-state index in [2.05, 4.69) is 5.32 Å². The van der Waals surface area contributed by atoms with Gasteiger partial charge in [-0.15, -0.1) is 0 Å². The number of carbonyl (C=O) groups excluding carboxylic acids is 2. The number of aliphatic carboxylic acids is 1. The highest BCUT2D eigenvalue weighted by Crippen LogP contribution is 2.37. The van der Waals surface area contributed by atoms with E-state index in [9.17, 15) is 18.9 Å². The van der Waals surface area contributed by atoms with Crippen LogP contribution in [0.2, 0.25) is 0 Å². The molecule has 0 aromatic rings. The summed E-state index contributed by atoms with van der Waals surface area (Å²) in [6.45, 7) is 2.22. The van der Waals surface area contributed by atoms with Gasteiger partial charge in [-0.1, -0.05) is 0 Å². The van der Waals surface area contributed by atoms with Gasteiger partial charge in [0, 0.05) is 6.54 Å². The summed E-state index contributed by atoms with van der Waals surface area (Å²) < 4.78 is 11.2. The quantitative estimate of drug-likeness (QED) is 0.438. The fourth-order valence-electron chi connectivity index (χ4n) is 3.44. The second-order valence-corrected chi connectivity index (χ2v) is 8.15. The van der Waals surface area contributed by atoms with Crippen LogP contribution in [0, 0.1) is 0 Å². The molecule has 2 amide bonds. The van der Waals surface area contributed by atoms with Crippen molar-refractivity contribution in [2.45, 2.75) is 50.7 Å². The molecule has 2 fully saturated rings. The van der Waals surface area contributed by atoms with Crippen molar-refractivity contribution in [3.8, 4) is 0 Å². The van der Waals surface area contributed by atoms with Gasteiger partial charge < -0.3 is 25.1 Å². The van der Waals surface area contributed by atoms with Gasteiger partial charge >= 0.3 is 13.6 Å². The Balaban J connectivity index is 1.96. The average molecular weight is 377 g/mol. The molecule has 2 aliphatic rings. The van der Waals surface area contributed by atoms with Gasteiger partial charge in [0.25, 0.3) is 0 Å². The zero-order valence-corrected chi connectivity index (χ0v) is 14.9. The van der Waals surface area contributed by atoms with Gasteiger partial charge in [-0.3, -0.25) is 19.1 Å². The molecule has 0 radical (unpaired) electrons. The number of nitrogens with one attached hydrogen (secondary N) is 1. The van der Waals surface area contributed by atoms with Gasteiger partial charge in [0.2, 0.25) is 11.8 Å². The number of hydrogen-bond acceptors (Lipinski definition) is 5. The molecule has 10 nitrogen and oxygen atoms in total. The maximum absolute atomic E-state index is 12.4. The van der Waals surface area contributed by atoms with Gasteiger partial charge in [0.1, 0.15) is 18.4 Å². The minimum atomic E-state index is -4.28. The third-order valence-electron chi connectivity index (χ3n) is 4.58. The molecule has 0 aromatic carbocycles. The second kappa shape index (κ2) is 7.82. The molecule has 142 valence electrons. The highest BCUT2D eigenvalue weighted by Gasteiger charge is 2.38. The van der Waals surface area contributed by atoms with Crippen molar-refractivity contribution >= 4 is 25.4 Å². The molecule has 2 saturated heterocycles. The van der Waals surface area contributed by atoms with Crippen LogP contribution in [0.3, 0.4) is 0 Å². The lowest BCUT2D eigenvalue weighted by atomic mass is 10.1. The van der Waals surface area contributed by atoms with Gasteiger partial charge in [-0.05, 0) is 39.2 Å². The summed E-state index contributed by atoms with van der Waals surface area (Å²) in [4.78, 5) is 56.9. The Labute approximate surface area is 145 Å². The smallest absolute Gasteiger partial charge is 0.339 e. The molecule has 3 atom stereocenters. The highest BCUT2D eigenvalue weighted by atomic mass is 31.2. The Morgan fingerprint density at radius 3 is 2.36 bits per heavy atom. The molecule has 0 aromatic heterocycles. The summed E-state index contributed by atoms with van der Waals surface area (Å²) in [6, 6.07) is -2.47. The lowest BCUT2D eigenvalue weighted by molar-refractivity contribution is -0.149. The lowest BCUT2D eigenvalue weighted by Crippen LogP contribution is -2.53. The zero-order chi connectivity index (χ0) is 18.8. The molecule has 0 saturated carbocycles. The van der Waals surface area contributed by atoms with E-state index in [4.69, 9.17) is 14.9 Å². The van der Waals surface area contributed by atoms with Crippen LogP contribution in [0.15, 0.2) is 0 Å². The number of nitrogens with zero attached hydrogens (tertiary/aromatic N) is 2. The minimum absolute atomic E-state index is 0.337. The fourth-order valence-corrected chi connectivity index (χ4v) is 4.25. The van der Waals surface area contributed by atoms with Crippen molar-refractivity contribution in [2.75, 3.05) is 19.4 Å². The topological polar surface area (TPSA) is 147 Å². The molecule has 2 aliphatic heterocycles. The first-order chi connectivity index (χ1) is 11.6. The van der Waals surface area contributed by atoms with E-state index < -0.39 is 49.8 Å². The number of carbonyl (C=O) groups is 3. The van der Waals surface area contributed by atoms with E-state index in [1.165, 1.54) is 16.7 Å². The summed E-state index contributed by atoms with van der Waals surface area (Å²) in [5.41, 5.74) is 0. The minimum Gasteiger partial charge on any atom is -0.480 e. The zero-order valence-electron chi connectivity index (χ0n) is 14.0. The van der Waals surface area contributed by atoms with Crippen LogP contribution in [0.1, 0.15) is 32.6 Å². The van der Waals surface area contributed by atoms with E-state index in [1.54, 1.807) is 0 Å². The molecular weight excluding hydrogens is 353 g/mol. The van der Waals surface area contributed by atoms with Crippen molar-refractivity contribution in [3.05, 3.63) is 0 Å². The van der Waals surface area contributed by atoms with Crippen LogP contribution in [0.25, 0.3) is 0 Å². The number of carboxylic acid groups (broad SMARTS) is 1. The number of amides is 2. The van der Waals surface area contributed by atoms with Gasteiger partial charge in [-0.25, -0.2) is 4.79 Å². The molecule has 25 heavy (non-hydrogen) atoms. The normalized spacial score (nSPS) is 25.8. The summed E-state index contributed by atoms with van der Waals surface area (Å²) in [5.74, 6) is -2.00. The van der Waals surface area contributed by atoms with E-state index in [0.717, 1.165) is 0 Å². The monoisotopic (exact) mass is 377 g/mol. The molecular formula is C14H24N3O7P. The first-order valence-electron chi connectivity index (χ1n) is 8.22. The predicted molar refractivity (Wildman–Crippen MR) is 86.6 cm³/mol. The summed E-state index contributed by atoms with van der Waals surface area (Å²) >= 11 is 0. The number of carboxylic acids is 1. The van der Waals surface area contributed by atoms with E-state index in [-0.39, 0.29) is 0 Å². The second-order valence-electron chi connectivity index (χ2n) is 6.53. The molecule has 2 heterocycles. The third-order valence-corrected chi connectivity index (χ3v) is 5.31. The van der Waals surface area contributed by atoms with Crippen molar-refractivity contribution in [3.63, 3.8) is 0 Å². The third kappa shape index (κ3) is 5.01. The van der Waals surface area contributed by atoms with Gasteiger partial charge in [0.15, 0.2) is 0 Å². The number of likely N-dealkylation sites (tertiary alicyclic amines) is 2.